The SMILES string of the molecule is O=C(Cc1ccccc1)Nc1ccn(CCCCc2nnc(C(=O)NCc3ncccc3F)s2)c(=O)c1. The summed E-state index contributed by atoms with van der Waals surface area (Å²) < 4.78 is 15.2. The van der Waals surface area contributed by atoms with Gasteiger partial charge in [-0.05, 0) is 36.6 Å². The minimum Gasteiger partial charge on any atom is -0.344 e. The Kier molecular flexibility index (Phi) is 8.82. The molecule has 2 N–H and O–H groups in total. The predicted molar refractivity (Wildman–Crippen MR) is 138 cm³/mol. The fraction of sp³-hybridized carbons (Fsp3) is 0.231. The van der Waals surface area contributed by atoms with E-state index in [1.165, 1.54) is 35.7 Å². The van der Waals surface area contributed by atoms with Crippen molar-refractivity contribution < 1.29 is 14.0 Å². The van der Waals surface area contributed by atoms with Crippen molar-refractivity contribution in [2.24, 2.45) is 0 Å². The maximum absolute atomic E-state index is 13.6. The van der Waals surface area contributed by atoms with Crippen LogP contribution in [0.5, 0.6) is 0 Å². The molecule has 1 aromatic carbocycles. The van der Waals surface area contributed by atoms with Crippen LogP contribution in [-0.4, -0.2) is 31.6 Å². The van der Waals surface area contributed by atoms with Gasteiger partial charge >= 0.3 is 0 Å². The summed E-state index contributed by atoms with van der Waals surface area (Å²) in [6.45, 7) is 0.476. The van der Waals surface area contributed by atoms with Crippen LogP contribution in [0, 0.1) is 5.82 Å². The first-order chi connectivity index (χ1) is 18.0. The highest BCUT2D eigenvalue weighted by atomic mass is 32.1. The lowest BCUT2D eigenvalue weighted by Crippen LogP contribution is -2.23. The Labute approximate surface area is 216 Å². The van der Waals surface area contributed by atoms with Crippen LogP contribution in [0.1, 0.15) is 38.9 Å². The van der Waals surface area contributed by atoms with Gasteiger partial charge in [-0.15, -0.1) is 10.2 Å². The molecule has 0 unspecified atom stereocenters. The second-order valence-corrected chi connectivity index (χ2v) is 9.29. The number of carbonyl (C=O) groups excluding carboxylic acids is 2. The lowest BCUT2D eigenvalue weighted by Gasteiger charge is -2.08. The summed E-state index contributed by atoms with van der Waals surface area (Å²) in [5.41, 5.74) is 1.32. The van der Waals surface area contributed by atoms with Crippen molar-refractivity contribution in [3.05, 3.63) is 104 Å². The predicted octanol–water partition coefficient (Wildman–Crippen LogP) is 3.37. The molecular weight excluding hydrogens is 495 g/mol. The molecule has 0 aliphatic rings. The van der Waals surface area contributed by atoms with Crippen molar-refractivity contribution in [1.82, 2.24) is 25.1 Å². The molecule has 3 aromatic heterocycles. The summed E-state index contributed by atoms with van der Waals surface area (Å²) in [6.07, 6.45) is 5.44. The maximum atomic E-state index is 13.6. The summed E-state index contributed by atoms with van der Waals surface area (Å²) in [7, 11) is 0. The van der Waals surface area contributed by atoms with Crippen molar-refractivity contribution in [1.29, 1.82) is 0 Å². The summed E-state index contributed by atoms with van der Waals surface area (Å²) >= 11 is 1.18. The largest absolute Gasteiger partial charge is 0.344 e. The number of aryl methyl sites for hydroxylation is 2. The molecule has 0 fully saturated rings. The normalized spacial score (nSPS) is 10.7. The number of halogens is 1. The quantitative estimate of drug-likeness (QED) is 0.293. The first-order valence-corrected chi connectivity index (χ1v) is 12.5. The van der Waals surface area contributed by atoms with E-state index in [0.29, 0.717) is 23.7 Å². The van der Waals surface area contributed by atoms with Gasteiger partial charge in [0.15, 0.2) is 0 Å². The number of hydrogen-bond donors (Lipinski definition) is 2. The lowest BCUT2D eigenvalue weighted by molar-refractivity contribution is -0.115. The Morgan fingerprint density at radius 2 is 1.86 bits per heavy atom. The summed E-state index contributed by atoms with van der Waals surface area (Å²) in [5, 5.41) is 14.2. The number of amides is 2. The Balaban J connectivity index is 1.20. The summed E-state index contributed by atoms with van der Waals surface area (Å²) in [4.78, 5) is 40.8. The number of hydrogen-bond acceptors (Lipinski definition) is 7. The molecule has 37 heavy (non-hydrogen) atoms. The Hall–Kier alpha value is -4.25. The maximum Gasteiger partial charge on any atom is 0.282 e. The van der Waals surface area contributed by atoms with E-state index in [1.54, 1.807) is 16.8 Å². The van der Waals surface area contributed by atoms with Gasteiger partial charge in [0.1, 0.15) is 10.8 Å². The van der Waals surface area contributed by atoms with Gasteiger partial charge in [0.25, 0.3) is 11.5 Å². The molecule has 0 atom stereocenters. The molecule has 0 saturated carbocycles. The Morgan fingerprint density at radius 1 is 1.03 bits per heavy atom. The summed E-state index contributed by atoms with van der Waals surface area (Å²) in [5.74, 6) is -1.10. The molecule has 11 heteroatoms. The Morgan fingerprint density at radius 3 is 2.65 bits per heavy atom. The van der Waals surface area contributed by atoms with Gasteiger partial charge < -0.3 is 15.2 Å². The molecule has 2 amide bonds. The number of benzene rings is 1. The van der Waals surface area contributed by atoms with Crippen molar-refractivity contribution >= 4 is 28.8 Å². The third-order valence-corrected chi connectivity index (χ3v) is 6.42. The highest BCUT2D eigenvalue weighted by Crippen LogP contribution is 2.14. The number of carbonyl (C=O) groups is 2. The van der Waals surface area contributed by atoms with E-state index >= 15 is 0 Å². The van der Waals surface area contributed by atoms with Crippen molar-refractivity contribution in [3.63, 3.8) is 0 Å². The van der Waals surface area contributed by atoms with Crippen LogP contribution in [0.3, 0.4) is 0 Å². The molecule has 0 aliphatic carbocycles. The molecule has 0 spiro atoms. The van der Waals surface area contributed by atoms with Gasteiger partial charge in [0.05, 0.1) is 18.7 Å². The summed E-state index contributed by atoms with van der Waals surface area (Å²) in [6, 6.07) is 15.3. The van der Waals surface area contributed by atoms with Gasteiger partial charge in [-0.3, -0.25) is 19.4 Å². The van der Waals surface area contributed by atoms with E-state index < -0.39 is 11.7 Å². The number of aromatic nitrogens is 4. The first-order valence-electron chi connectivity index (χ1n) is 11.7. The average Bonchev–Trinajstić information content (AvgIpc) is 3.37. The molecule has 0 radical (unpaired) electrons. The minimum absolute atomic E-state index is 0.0370. The zero-order chi connectivity index (χ0) is 26.0. The van der Waals surface area contributed by atoms with E-state index in [4.69, 9.17) is 0 Å². The van der Waals surface area contributed by atoms with Crippen LogP contribution in [0.2, 0.25) is 0 Å². The van der Waals surface area contributed by atoms with E-state index in [0.717, 1.165) is 18.4 Å². The molecule has 190 valence electrons. The van der Waals surface area contributed by atoms with Gasteiger partial charge in [0.2, 0.25) is 10.9 Å². The number of nitrogens with one attached hydrogen (secondary N) is 2. The third-order valence-electron chi connectivity index (χ3n) is 5.44. The number of anilines is 1. The molecule has 0 saturated heterocycles. The van der Waals surface area contributed by atoms with Gasteiger partial charge in [-0.2, -0.15) is 0 Å². The van der Waals surface area contributed by atoms with Crippen LogP contribution in [0.15, 0.2) is 71.8 Å². The molecule has 4 rings (SSSR count). The highest BCUT2D eigenvalue weighted by Gasteiger charge is 2.14. The minimum atomic E-state index is -0.484. The van der Waals surface area contributed by atoms with E-state index in [1.807, 2.05) is 30.3 Å². The number of nitrogens with zero attached hydrogens (tertiary/aromatic N) is 4. The van der Waals surface area contributed by atoms with Gasteiger partial charge in [-0.1, -0.05) is 41.7 Å². The van der Waals surface area contributed by atoms with Crippen LogP contribution in [-0.2, 0) is 30.7 Å². The van der Waals surface area contributed by atoms with Crippen LogP contribution in [0.25, 0.3) is 0 Å². The topological polar surface area (TPSA) is 119 Å². The van der Waals surface area contributed by atoms with Crippen LogP contribution < -0.4 is 16.2 Å². The standard InChI is InChI=1S/C26H25FN6O3S/c27-20-9-6-12-28-21(20)17-29-25(36)26-32-31-23(37-26)10-4-5-13-33-14-11-19(16-24(33)35)30-22(34)15-18-7-2-1-3-8-18/h1-3,6-9,11-12,14,16H,4-5,10,13,15,17H2,(H,29,36)(H,30,34). The molecule has 0 bridgehead atoms. The average molecular weight is 521 g/mol. The lowest BCUT2D eigenvalue weighted by atomic mass is 10.1. The second kappa shape index (κ2) is 12.6. The highest BCUT2D eigenvalue weighted by molar-refractivity contribution is 7.13. The second-order valence-electron chi connectivity index (χ2n) is 8.23. The zero-order valence-electron chi connectivity index (χ0n) is 19.9. The Bertz CT molecular complexity index is 1420. The number of pyridine rings is 2. The van der Waals surface area contributed by atoms with E-state index in [2.05, 4.69) is 25.8 Å². The van der Waals surface area contributed by atoms with Crippen molar-refractivity contribution in [2.75, 3.05) is 5.32 Å². The van der Waals surface area contributed by atoms with Crippen LogP contribution in [0.4, 0.5) is 10.1 Å². The molecular formula is C26H25FN6O3S. The molecule has 9 nitrogen and oxygen atoms in total. The van der Waals surface area contributed by atoms with E-state index in [-0.39, 0.29) is 35.1 Å². The number of unbranched alkanes of at least 4 members (excludes halogenated alkanes) is 1. The zero-order valence-corrected chi connectivity index (χ0v) is 20.7. The van der Waals surface area contributed by atoms with Crippen molar-refractivity contribution in [2.45, 2.75) is 38.8 Å². The monoisotopic (exact) mass is 520 g/mol. The fourth-order valence-corrected chi connectivity index (χ4v) is 4.35. The van der Waals surface area contributed by atoms with Gasteiger partial charge in [-0.25, -0.2) is 4.39 Å². The molecule has 3 heterocycles. The molecule has 4 aromatic rings. The fourth-order valence-electron chi connectivity index (χ4n) is 3.55. The smallest absolute Gasteiger partial charge is 0.282 e. The third kappa shape index (κ3) is 7.61. The van der Waals surface area contributed by atoms with E-state index in [9.17, 15) is 18.8 Å². The number of rotatable bonds is 11. The van der Waals surface area contributed by atoms with Gasteiger partial charge in [0, 0.05) is 37.1 Å². The van der Waals surface area contributed by atoms with Crippen LogP contribution >= 0.6 is 11.3 Å². The molecule has 0 aliphatic heterocycles. The first kappa shape index (κ1) is 25.8. The van der Waals surface area contributed by atoms with Crippen molar-refractivity contribution in [3.8, 4) is 0 Å².